The van der Waals surface area contributed by atoms with Crippen molar-refractivity contribution in [3.05, 3.63) is 40.5 Å². The predicted octanol–water partition coefficient (Wildman–Crippen LogP) is 2.52. The van der Waals surface area contributed by atoms with Crippen LogP contribution in [0.15, 0.2) is 29.6 Å². The Balaban J connectivity index is 1.71. The van der Waals surface area contributed by atoms with Crippen LogP contribution in [0.4, 0.5) is 4.39 Å². The average Bonchev–Trinajstić information content (AvgIpc) is 3.02. The largest absolute Gasteiger partial charge is 0.356 e. The highest BCUT2D eigenvalue weighted by Crippen LogP contribution is 2.22. The molecule has 0 aliphatic rings. The van der Waals surface area contributed by atoms with Crippen molar-refractivity contribution in [2.24, 2.45) is 0 Å². The fourth-order valence-electron chi connectivity index (χ4n) is 2.07. The van der Waals surface area contributed by atoms with Gasteiger partial charge in [0.05, 0.1) is 10.7 Å². The zero-order valence-electron chi connectivity index (χ0n) is 13.5. The van der Waals surface area contributed by atoms with E-state index < -0.39 is 0 Å². The highest BCUT2D eigenvalue weighted by Gasteiger charge is 2.07. The smallest absolute Gasteiger partial charge is 0.220 e. The van der Waals surface area contributed by atoms with Gasteiger partial charge in [-0.25, -0.2) is 9.37 Å². The first kappa shape index (κ1) is 18.1. The summed E-state index contributed by atoms with van der Waals surface area (Å²) >= 11 is 1.49. The van der Waals surface area contributed by atoms with Gasteiger partial charge in [-0.15, -0.1) is 11.3 Å². The molecule has 2 rings (SSSR count). The summed E-state index contributed by atoms with van der Waals surface area (Å²) in [6.07, 6.45) is 1.65. The number of carbonyl (C=O) groups is 2. The molecule has 1 aromatic heterocycles. The molecule has 0 spiro atoms. The molecule has 7 heteroatoms. The van der Waals surface area contributed by atoms with Gasteiger partial charge in [-0.05, 0) is 30.7 Å². The van der Waals surface area contributed by atoms with Crippen LogP contribution in [0.2, 0.25) is 0 Å². The third kappa shape index (κ3) is 6.08. The molecule has 0 saturated carbocycles. The standard InChI is InChI=1S/C17H20FN3O2S/c1-12(22)19-9-2-10-20-16(23)7-8-17-21-15(11-24-17)13-3-5-14(18)6-4-13/h3-6,11H,2,7-10H2,1H3,(H,19,22)(H,20,23). The first-order chi connectivity index (χ1) is 11.5. The van der Waals surface area contributed by atoms with E-state index in [2.05, 4.69) is 15.6 Å². The van der Waals surface area contributed by atoms with E-state index >= 15 is 0 Å². The van der Waals surface area contributed by atoms with Gasteiger partial charge in [-0.3, -0.25) is 9.59 Å². The van der Waals surface area contributed by atoms with Gasteiger partial charge >= 0.3 is 0 Å². The minimum absolute atomic E-state index is 0.0312. The Morgan fingerprint density at radius 3 is 2.58 bits per heavy atom. The van der Waals surface area contributed by atoms with Crippen LogP contribution in [-0.4, -0.2) is 29.9 Å². The number of hydrogen-bond acceptors (Lipinski definition) is 4. The van der Waals surface area contributed by atoms with Crippen molar-refractivity contribution in [2.75, 3.05) is 13.1 Å². The van der Waals surface area contributed by atoms with Gasteiger partial charge < -0.3 is 10.6 Å². The number of hydrogen-bond donors (Lipinski definition) is 2. The number of nitrogens with one attached hydrogen (secondary N) is 2. The van der Waals surface area contributed by atoms with Crippen molar-refractivity contribution in [2.45, 2.75) is 26.2 Å². The maximum absolute atomic E-state index is 12.9. The molecule has 0 aliphatic heterocycles. The summed E-state index contributed by atoms with van der Waals surface area (Å²) in [6, 6.07) is 6.19. The van der Waals surface area contributed by atoms with Gasteiger partial charge in [0, 0.05) is 43.8 Å². The molecule has 2 amide bonds. The molecule has 1 heterocycles. The molecule has 1 aromatic carbocycles. The fraction of sp³-hybridized carbons (Fsp3) is 0.353. The van der Waals surface area contributed by atoms with E-state index in [1.165, 1.54) is 30.4 Å². The van der Waals surface area contributed by atoms with Crippen LogP contribution in [0.5, 0.6) is 0 Å². The SMILES string of the molecule is CC(=O)NCCCNC(=O)CCc1nc(-c2ccc(F)cc2)cs1. The molecular formula is C17H20FN3O2S. The first-order valence-electron chi connectivity index (χ1n) is 7.76. The third-order valence-corrected chi connectivity index (χ3v) is 4.22. The van der Waals surface area contributed by atoms with E-state index in [4.69, 9.17) is 0 Å². The summed E-state index contributed by atoms with van der Waals surface area (Å²) < 4.78 is 12.9. The van der Waals surface area contributed by atoms with Crippen molar-refractivity contribution in [3.8, 4) is 11.3 Å². The Kier molecular flexibility index (Phi) is 6.87. The highest BCUT2D eigenvalue weighted by atomic mass is 32.1. The lowest BCUT2D eigenvalue weighted by molar-refractivity contribution is -0.121. The number of benzene rings is 1. The minimum Gasteiger partial charge on any atom is -0.356 e. The van der Waals surface area contributed by atoms with Crippen LogP contribution in [-0.2, 0) is 16.0 Å². The second-order valence-corrected chi connectivity index (χ2v) is 6.26. The molecule has 128 valence electrons. The molecule has 0 saturated heterocycles. The van der Waals surface area contributed by atoms with E-state index in [0.717, 1.165) is 16.3 Å². The lowest BCUT2D eigenvalue weighted by atomic mass is 10.2. The third-order valence-electron chi connectivity index (χ3n) is 3.31. The number of aromatic nitrogens is 1. The normalized spacial score (nSPS) is 10.4. The highest BCUT2D eigenvalue weighted by molar-refractivity contribution is 7.09. The quantitative estimate of drug-likeness (QED) is 0.720. The van der Waals surface area contributed by atoms with E-state index in [1.807, 2.05) is 5.38 Å². The number of aryl methyl sites for hydroxylation is 1. The number of amides is 2. The van der Waals surface area contributed by atoms with E-state index in [1.54, 1.807) is 12.1 Å². The molecular weight excluding hydrogens is 329 g/mol. The average molecular weight is 349 g/mol. The zero-order valence-corrected chi connectivity index (χ0v) is 14.3. The molecule has 0 atom stereocenters. The van der Waals surface area contributed by atoms with Crippen LogP contribution in [0.3, 0.4) is 0 Å². The second-order valence-electron chi connectivity index (χ2n) is 5.32. The van der Waals surface area contributed by atoms with Crippen molar-refractivity contribution in [3.63, 3.8) is 0 Å². The Bertz CT molecular complexity index is 685. The second kappa shape index (κ2) is 9.12. The van der Waals surface area contributed by atoms with Gasteiger partial charge in [-0.1, -0.05) is 0 Å². The van der Waals surface area contributed by atoms with Crippen molar-refractivity contribution in [1.29, 1.82) is 0 Å². The van der Waals surface area contributed by atoms with E-state index in [-0.39, 0.29) is 17.6 Å². The summed E-state index contributed by atoms with van der Waals surface area (Å²) in [5, 5.41) is 8.28. The van der Waals surface area contributed by atoms with E-state index in [0.29, 0.717) is 32.4 Å². The van der Waals surface area contributed by atoms with Crippen LogP contribution in [0.25, 0.3) is 11.3 Å². The Hall–Kier alpha value is -2.28. The Morgan fingerprint density at radius 1 is 1.17 bits per heavy atom. The predicted molar refractivity (Wildman–Crippen MR) is 92.1 cm³/mol. The molecule has 0 unspecified atom stereocenters. The van der Waals surface area contributed by atoms with Crippen molar-refractivity contribution in [1.82, 2.24) is 15.6 Å². The summed E-state index contributed by atoms with van der Waals surface area (Å²) in [5.74, 6) is -0.372. The van der Waals surface area contributed by atoms with Crippen molar-refractivity contribution < 1.29 is 14.0 Å². The molecule has 0 aliphatic carbocycles. The van der Waals surface area contributed by atoms with Crippen LogP contribution >= 0.6 is 11.3 Å². The maximum atomic E-state index is 12.9. The summed E-state index contributed by atoms with van der Waals surface area (Å²) in [7, 11) is 0. The molecule has 5 nitrogen and oxygen atoms in total. The van der Waals surface area contributed by atoms with Crippen LogP contribution < -0.4 is 10.6 Å². The summed E-state index contributed by atoms with van der Waals surface area (Å²) in [6.45, 7) is 2.56. The van der Waals surface area contributed by atoms with Crippen LogP contribution in [0, 0.1) is 5.82 Å². The number of halogens is 1. The monoisotopic (exact) mass is 349 g/mol. The van der Waals surface area contributed by atoms with Gasteiger partial charge in [0.15, 0.2) is 0 Å². The number of thiazole rings is 1. The lowest BCUT2D eigenvalue weighted by Crippen LogP contribution is -2.28. The van der Waals surface area contributed by atoms with Crippen LogP contribution in [0.1, 0.15) is 24.8 Å². The Labute approximate surface area is 144 Å². The van der Waals surface area contributed by atoms with Gasteiger partial charge in [0.2, 0.25) is 11.8 Å². The molecule has 0 fully saturated rings. The molecule has 0 bridgehead atoms. The molecule has 2 aromatic rings. The summed E-state index contributed by atoms with van der Waals surface area (Å²) in [5.41, 5.74) is 1.66. The minimum atomic E-state index is -0.274. The molecule has 24 heavy (non-hydrogen) atoms. The Morgan fingerprint density at radius 2 is 1.88 bits per heavy atom. The van der Waals surface area contributed by atoms with Crippen molar-refractivity contribution >= 4 is 23.2 Å². The zero-order chi connectivity index (χ0) is 17.4. The van der Waals surface area contributed by atoms with Gasteiger partial charge in [0.1, 0.15) is 5.82 Å². The van der Waals surface area contributed by atoms with E-state index in [9.17, 15) is 14.0 Å². The maximum Gasteiger partial charge on any atom is 0.220 e. The summed E-state index contributed by atoms with van der Waals surface area (Å²) in [4.78, 5) is 26.9. The fourth-order valence-corrected chi connectivity index (χ4v) is 2.88. The number of carbonyl (C=O) groups excluding carboxylic acids is 2. The van der Waals surface area contributed by atoms with Gasteiger partial charge in [0.25, 0.3) is 0 Å². The number of rotatable bonds is 8. The first-order valence-corrected chi connectivity index (χ1v) is 8.64. The number of nitrogens with zero attached hydrogens (tertiary/aromatic N) is 1. The molecule has 2 N–H and O–H groups in total. The molecule has 0 radical (unpaired) electrons. The van der Waals surface area contributed by atoms with Gasteiger partial charge in [-0.2, -0.15) is 0 Å². The topological polar surface area (TPSA) is 71.1 Å². The lowest BCUT2D eigenvalue weighted by Gasteiger charge is -2.04.